The Hall–Kier alpha value is -0.162. The molecular formula is CH10N4O2Pt. The van der Waals surface area contributed by atoms with E-state index in [-0.39, 0.29) is 33.4 Å². The van der Waals surface area contributed by atoms with Gasteiger partial charge in [0.15, 0.2) is 0 Å². The summed E-state index contributed by atoms with van der Waals surface area (Å²) in [5.74, 6) is 4.20. The van der Waals surface area contributed by atoms with Crippen LogP contribution in [0.5, 0.6) is 0 Å². The molecule has 0 heterocycles. The van der Waals surface area contributed by atoms with Gasteiger partial charge in [0.2, 0.25) is 0 Å². The molecule has 0 atom stereocenters. The maximum Gasteiger partial charge on any atom is 0.423 e. The predicted molar refractivity (Wildman–Crippen MR) is 24.9 cm³/mol. The van der Waals surface area contributed by atoms with Crippen molar-refractivity contribution in [3.63, 3.8) is 0 Å². The Morgan fingerprint density at radius 3 is 1.50 bits per heavy atom. The number of primary amides is 1. The van der Waals surface area contributed by atoms with Crippen LogP contribution in [0.3, 0.4) is 0 Å². The van der Waals surface area contributed by atoms with Gasteiger partial charge in [0, 0.05) is 21.1 Å². The third-order valence-corrected chi connectivity index (χ3v) is 0.116. The van der Waals surface area contributed by atoms with Crippen LogP contribution in [0.1, 0.15) is 0 Å². The molecule has 0 saturated heterocycles. The van der Waals surface area contributed by atoms with Crippen LogP contribution in [-0.4, -0.2) is 6.09 Å². The zero-order valence-corrected chi connectivity index (χ0v) is 6.47. The van der Waals surface area contributed by atoms with Gasteiger partial charge in [-0.2, -0.15) is 5.90 Å². The van der Waals surface area contributed by atoms with Crippen LogP contribution >= 0.6 is 0 Å². The maximum atomic E-state index is 9.24. The molecule has 0 radical (unpaired) electrons. The van der Waals surface area contributed by atoms with Crippen molar-refractivity contribution in [2.45, 2.75) is 0 Å². The number of hydrogen-bond donors (Lipinski definition) is 4. The minimum absolute atomic E-state index is 0. The summed E-state index contributed by atoms with van der Waals surface area (Å²) in [6, 6.07) is 0. The van der Waals surface area contributed by atoms with Crippen LogP contribution in [0.15, 0.2) is 0 Å². The zero-order valence-electron chi connectivity index (χ0n) is 4.20. The van der Waals surface area contributed by atoms with E-state index in [4.69, 9.17) is 0 Å². The normalized spacial score (nSPS) is 4.12. The summed E-state index contributed by atoms with van der Waals surface area (Å²) in [5, 5.41) is 0. The summed E-state index contributed by atoms with van der Waals surface area (Å²) in [7, 11) is 0. The van der Waals surface area contributed by atoms with E-state index in [0.717, 1.165) is 0 Å². The van der Waals surface area contributed by atoms with Crippen LogP contribution in [0.25, 0.3) is 0 Å². The Bertz CT molecular complexity index is 49.3. The quantitative estimate of drug-likeness (QED) is 0.436. The predicted octanol–water partition coefficient (Wildman–Crippen LogP) is -0.723. The second-order valence-corrected chi connectivity index (χ2v) is 0.437. The van der Waals surface area contributed by atoms with Gasteiger partial charge in [0.25, 0.3) is 0 Å². The van der Waals surface area contributed by atoms with Gasteiger partial charge in [0.05, 0.1) is 0 Å². The van der Waals surface area contributed by atoms with Gasteiger partial charge in [-0.1, -0.05) is 0 Å². The number of nitrogens with two attached hydrogens (primary N) is 2. The van der Waals surface area contributed by atoms with Gasteiger partial charge in [-0.15, -0.1) is 0 Å². The van der Waals surface area contributed by atoms with Crippen molar-refractivity contribution in [3.8, 4) is 0 Å². The van der Waals surface area contributed by atoms with Crippen LogP contribution in [0, 0.1) is 0 Å². The Morgan fingerprint density at radius 1 is 1.38 bits per heavy atom. The Morgan fingerprint density at radius 2 is 1.50 bits per heavy atom. The summed E-state index contributed by atoms with van der Waals surface area (Å²) in [5.41, 5.74) is 4.31. The molecule has 8 heavy (non-hydrogen) atoms. The van der Waals surface area contributed by atoms with Gasteiger partial charge in [-0.25, -0.2) is 4.79 Å². The maximum absolute atomic E-state index is 9.24. The van der Waals surface area contributed by atoms with Gasteiger partial charge < -0.3 is 22.9 Å². The molecule has 0 saturated carbocycles. The average Bonchev–Trinajstić information content (AvgIpc) is 1.38. The number of amides is 1. The Labute approximate surface area is 61.3 Å². The van der Waals surface area contributed by atoms with E-state index in [1.54, 1.807) is 0 Å². The molecule has 6 nitrogen and oxygen atoms in total. The second kappa shape index (κ2) is 15.8. The first kappa shape index (κ1) is 24.9. The second-order valence-electron chi connectivity index (χ2n) is 0.437. The van der Waals surface area contributed by atoms with Crippen molar-refractivity contribution in [2.24, 2.45) is 11.6 Å². The van der Waals surface area contributed by atoms with Crippen molar-refractivity contribution in [3.05, 3.63) is 0 Å². The summed E-state index contributed by atoms with van der Waals surface area (Å²) in [6.45, 7) is 0. The van der Waals surface area contributed by atoms with Crippen molar-refractivity contribution < 1.29 is 30.7 Å². The first-order valence-electron chi connectivity index (χ1n) is 0.933. The third-order valence-electron chi connectivity index (χ3n) is 0.116. The Kier molecular flexibility index (Phi) is 49.2. The molecule has 0 aliphatic rings. The molecule has 10 N–H and O–H groups in total. The van der Waals surface area contributed by atoms with E-state index < -0.39 is 6.09 Å². The molecule has 7 heteroatoms. The minimum Gasteiger partial charge on any atom is -0.357 e. The van der Waals surface area contributed by atoms with Gasteiger partial charge in [-0.3, -0.25) is 0 Å². The largest absolute Gasteiger partial charge is 0.423 e. The molecule has 0 aromatic heterocycles. The topological polar surface area (TPSA) is 148 Å². The summed E-state index contributed by atoms with van der Waals surface area (Å²) < 4.78 is 0. The van der Waals surface area contributed by atoms with Crippen LogP contribution in [-0.2, 0) is 25.9 Å². The van der Waals surface area contributed by atoms with Crippen molar-refractivity contribution in [1.29, 1.82) is 0 Å². The van der Waals surface area contributed by atoms with Crippen molar-refractivity contribution in [2.75, 3.05) is 0 Å². The minimum atomic E-state index is -0.968. The standard InChI is InChI=1S/CH4N2O2.2H3N.Pt/c2-1(4)5-3;;;/h3H2,(H2,2,4);2*1H3;. The smallest absolute Gasteiger partial charge is 0.357 e. The molecule has 0 aromatic carbocycles. The van der Waals surface area contributed by atoms with E-state index >= 15 is 0 Å². The fraction of sp³-hybridized carbons (Fsp3) is 0. The van der Waals surface area contributed by atoms with E-state index in [0.29, 0.717) is 0 Å². The Balaban J connectivity index is -0.0000000267. The molecule has 0 fully saturated rings. The SMILES string of the molecule is N.N.NOC(N)=O.[Pt]. The van der Waals surface area contributed by atoms with Crippen molar-refractivity contribution in [1.82, 2.24) is 12.3 Å². The fourth-order valence-electron chi connectivity index (χ4n) is 0. The van der Waals surface area contributed by atoms with E-state index in [1.807, 2.05) is 0 Å². The van der Waals surface area contributed by atoms with Crippen LogP contribution in [0.2, 0.25) is 0 Å². The number of hydrogen-bond acceptors (Lipinski definition) is 5. The molecule has 1 amide bonds. The molecule has 0 aromatic rings. The fourth-order valence-corrected chi connectivity index (χ4v) is 0. The first-order valence-corrected chi connectivity index (χ1v) is 0.933. The summed E-state index contributed by atoms with van der Waals surface area (Å²) in [4.78, 5) is 12.6. The van der Waals surface area contributed by atoms with E-state index in [9.17, 15) is 4.79 Å². The average molecular weight is 305 g/mol. The molecular weight excluding hydrogens is 295 g/mol. The molecule has 0 unspecified atom stereocenters. The zero-order chi connectivity index (χ0) is 4.28. The van der Waals surface area contributed by atoms with Crippen LogP contribution < -0.4 is 23.9 Å². The molecule has 0 aliphatic heterocycles. The van der Waals surface area contributed by atoms with Gasteiger partial charge >= 0.3 is 6.09 Å². The molecule has 0 aliphatic carbocycles. The summed E-state index contributed by atoms with van der Waals surface area (Å²) in [6.07, 6.45) is -0.968. The van der Waals surface area contributed by atoms with Crippen LogP contribution in [0.4, 0.5) is 4.79 Å². The summed E-state index contributed by atoms with van der Waals surface area (Å²) >= 11 is 0. The third kappa shape index (κ3) is 40.4. The van der Waals surface area contributed by atoms with E-state index in [2.05, 4.69) is 16.5 Å². The monoisotopic (exact) mass is 305 g/mol. The van der Waals surface area contributed by atoms with Gasteiger partial charge in [-0.05, 0) is 0 Å². The van der Waals surface area contributed by atoms with Crippen molar-refractivity contribution >= 4 is 6.09 Å². The molecule has 0 rings (SSSR count). The van der Waals surface area contributed by atoms with Gasteiger partial charge in [0.1, 0.15) is 0 Å². The van der Waals surface area contributed by atoms with E-state index in [1.165, 1.54) is 0 Å². The number of rotatable bonds is 0. The number of carbonyl (C=O) groups excluding carboxylic acids is 1. The molecule has 0 spiro atoms. The molecule has 0 bridgehead atoms. The molecule has 56 valence electrons. The number of carbonyl (C=O) groups is 1. The first-order chi connectivity index (χ1) is 2.27.